The molecule has 0 aromatic heterocycles. The van der Waals surface area contributed by atoms with E-state index in [0.717, 1.165) is 19.6 Å². The lowest BCUT2D eigenvalue weighted by atomic mass is 10.1. The van der Waals surface area contributed by atoms with Gasteiger partial charge in [-0.05, 0) is 40.7 Å². The van der Waals surface area contributed by atoms with E-state index in [1.165, 1.54) is 0 Å². The van der Waals surface area contributed by atoms with Crippen LogP contribution in [-0.4, -0.2) is 38.0 Å². The molecule has 0 aromatic carbocycles. The molecular formula is C12H27NO2. The van der Waals surface area contributed by atoms with Crippen molar-refractivity contribution in [3.05, 3.63) is 0 Å². The van der Waals surface area contributed by atoms with E-state index in [1.807, 2.05) is 6.92 Å². The molecular weight excluding hydrogens is 190 g/mol. The SMILES string of the molecule is CCNC(C)CC(C)OC(C)COCC. The van der Waals surface area contributed by atoms with Crippen LogP contribution in [0, 0.1) is 0 Å². The van der Waals surface area contributed by atoms with Crippen LogP contribution in [-0.2, 0) is 9.47 Å². The maximum atomic E-state index is 5.80. The maximum Gasteiger partial charge on any atom is 0.0784 e. The third-order valence-corrected chi connectivity index (χ3v) is 2.26. The van der Waals surface area contributed by atoms with Gasteiger partial charge in [-0.3, -0.25) is 0 Å². The number of hydrogen-bond acceptors (Lipinski definition) is 3. The summed E-state index contributed by atoms with van der Waals surface area (Å²) in [5, 5.41) is 3.38. The van der Waals surface area contributed by atoms with Crippen molar-refractivity contribution in [1.29, 1.82) is 0 Å². The van der Waals surface area contributed by atoms with E-state index >= 15 is 0 Å². The Hall–Kier alpha value is -0.120. The van der Waals surface area contributed by atoms with Gasteiger partial charge in [-0.25, -0.2) is 0 Å². The minimum atomic E-state index is 0.189. The molecule has 0 bridgehead atoms. The van der Waals surface area contributed by atoms with Crippen molar-refractivity contribution in [3.8, 4) is 0 Å². The molecule has 3 unspecified atom stereocenters. The first kappa shape index (κ1) is 14.9. The van der Waals surface area contributed by atoms with Crippen molar-refractivity contribution in [2.45, 2.75) is 59.3 Å². The minimum Gasteiger partial charge on any atom is -0.379 e. The predicted molar refractivity (Wildman–Crippen MR) is 64.3 cm³/mol. The summed E-state index contributed by atoms with van der Waals surface area (Å²) in [7, 11) is 0. The van der Waals surface area contributed by atoms with Crippen LogP contribution in [0.25, 0.3) is 0 Å². The van der Waals surface area contributed by atoms with Crippen molar-refractivity contribution >= 4 is 0 Å². The molecule has 0 fully saturated rings. The first-order valence-corrected chi connectivity index (χ1v) is 6.06. The first-order chi connectivity index (χ1) is 7.10. The topological polar surface area (TPSA) is 30.5 Å². The monoisotopic (exact) mass is 217 g/mol. The van der Waals surface area contributed by atoms with Gasteiger partial charge >= 0.3 is 0 Å². The molecule has 0 aromatic rings. The van der Waals surface area contributed by atoms with Crippen LogP contribution >= 0.6 is 0 Å². The minimum absolute atomic E-state index is 0.189. The lowest BCUT2D eigenvalue weighted by molar-refractivity contribution is -0.0441. The first-order valence-electron chi connectivity index (χ1n) is 6.06. The highest BCUT2D eigenvalue weighted by Crippen LogP contribution is 2.05. The number of rotatable bonds is 9. The van der Waals surface area contributed by atoms with E-state index in [1.54, 1.807) is 0 Å². The Morgan fingerprint density at radius 1 is 1.07 bits per heavy atom. The fraction of sp³-hybridized carbons (Fsp3) is 1.00. The third kappa shape index (κ3) is 8.85. The Kier molecular flexibility index (Phi) is 9.06. The molecule has 0 amide bonds. The Morgan fingerprint density at radius 2 is 1.73 bits per heavy atom. The third-order valence-electron chi connectivity index (χ3n) is 2.26. The largest absolute Gasteiger partial charge is 0.379 e. The number of nitrogens with one attached hydrogen (secondary N) is 1. The average molecular weight is 217 g/mol. The summed E-state index contributed by atoms with van der Waals surface area (Å²) in [6, 6.07) is 0.518. The summed E-state index contributed by atoms with van der Waals surface area (Å²) in [5.41, 5.74) is 0. The fourth-order valence-electron chi connectivity index (χ4n) is 1.70. The molecule has 0 aliphatic heterocycles. The Morgan fingerprint density at radius 3 is 2.27 bits per heavy atom. The second-order valence-electron chi connectivity index (χ2n) is 4.11. The second-order valence-corrected chi connectivity index (χ2v) is 4.11. The molecule has 92 valence electrons. The van der Waals surface area contributed by atoms with Gasteiger partial charge in [0.05, 0.1) is 18.8 Å². The van der Waals surface area contributed by atoms with Crippen LogP contribution in [0.3, 0.4) is 0 Å². The smallest absolute Gasteiger partial charge is 0.0784 e. The molecule has 0 heterocycles. The van der Waals surface area contributed by atoms with Crippen LogP contribution in [0.4, 0.5) is 0 Å². The van der Waals surface area contributed by atoms with Crippen LogP contribution in [0.1, 0.15) is 41.0 Å². The maximum absolute atomic E-state index is 5.80. The molecule has 0 rings (SSSR count). The summed E-state index contributed by atoms with van der Waals surface area (Å²) in [5.74, 6) is 0. The average Bonchev–Trinajstić information content (AvgIpc) is 2.14. The van der Waals surface area contributed by atoms with Crippen molar-refractivity contribution in [2.75, 3.05) is 19.8 Å². The van der Waals surface area contributed by atoms with Gasteiger partial charge in [0.2, 0.25) is 0 Å². The van der Waals surface area contributed by atoms with Crippen LogP contribution in [0.2, 0.25) is 0 Å². The molecule has 0 saturated carbocycles. The van der Waals surface area contributed by atoms with Gasteiger partial charge in [-0.15, -0.1) is 0 Å². The van der Waals surface area contributed by atoms with Gasteiger partial charge in [0, 0.05) is 12.6 Å². The summed E-state index contributed by atoms with van der Waals surface area (Å²) >= 11 is 0. The lowest BCUT2D eigenvalue weighted by Crippen LogP contribution is -2.31. The molecule has 3 atom stereocenters. The second kappa shape index (κ2) is 9.13. The van der Waals surface area contributed by atoms with E-state index in [9.17, 15) is 0 Å². The number of hydrogen-bond donors (Lipinski definition) is 1. The molecule has 0 aliphatic rings. The molecule has 0 spiro atoms. The van der Waals surface area contributed by atoms with Crippen molar-refractivity contribution in [1.82, 2.24) is 5.32 Å². The van der Waals surface area contributed by atoms with Gasteiger partial charge < -0.3 is 14.8 Å². The zero-order valence-corrected chi connectivity index (χ0v) is 10.9. The van der Waals surface area contributed by atoms with Crippen molar-refractivity contribution < 1.29 is 9.47 Å². The van der Waals surface area contributed by atoms with Gasteiger partial charge in [-0.2, -0.15) is 0 Å². The van der Waals surface area contributed by atoms with E-state index < -0.39 is 0 Å². The van der Waals surface area contributed by atoms with Gasteiger partial charge in [0.15, 0.2) is 0 Å². The molecule has 0 aliphatic carbocycles. The molecule has 3 nitrogen and oxygen atoms in total. The molecule has 0 radical (unpaired) electrons. The summed E-state index contributed by atoms with van der Waals surface area (Å²) in [6.07, 6.45) is 1.52. The Labute approximate surface area is 94.5 Å². The lowest BCUT2D eigenvalue weighted by Gasteiger charge is -2.22. The van der Waals surface area contributed by atoms with Crippen molar-refractivity contribution in [2.24, 2.45) is 0 Å². The molecule has 0 saturated heterocycles. The van der Waals surface area contributed by atoms with Gasteiger partial charge in [0.25, 0.3) is 0 Å². The standard InChI is InChI=1S/C12H27NO2/c1-6-13-10(3)8-11(4)15-12(5)9-14-7-2/h10-13H,6-9H2,1-5H3. The summed E-state index contributed by atoms with van der Waals surface area (Å²) < 4.78 is 11.1. The van der Waals surface area contributed by atoms with E-state index in [0.29, 0.717) is 12.6 Å². The number of ether oxygens (including phenoxy) is 2. The van der Waals surface area contributed by atoms with E-state index in [2.05, 4.69) is 33.0 Å². The zero-order chi connectivity index (χ0) is 11.7. The highest BCUT2D eigenvalue weighted by Gasteiger charge is 2.11. The predicted octanol–water partition coefficient (Wildman–Crippen LogP) is 2.20. The van der Waals surface area contributed by atoms with Gasteiger partial charge in [0.1, 0.15) is 0 Å². The Bertz CT molecular complexity index is 142. The summed E-state index contributed by atoms with van der Waals surface area (Å²) in [6.45, 7) is 13.0. The molecule has 3 heteroatoms. The van der Waals surface area contributed by atoms with Gasteiger partial charge in [-0.1, -0.05) is 6.92 Å². The Balaban J connectivity index is 3.57. The zero-order valence-electron chi connectivity index (χ0n) is 10.9. The van der Waals surface area contributed by atoms with Crippen LogP contribution in [0.15, 0.2) is 0 Å². The highest BCUT2D eigenvalue weighted by molar-refractivity contribution is 4.65. The van der Waals surface area contributed by atoms with E-state index in [-0.39, 0.29) is 12.2 Å². The molecule has 1 N–H and O–H groups in total. The summed E-state index contributed by atoms with van der Waals surface area (Å²) in [4.78, 5) is 0. The van der Waals surface area contributed by atoms with Crippen LogP contribution in [0.5, 0.6) is 0 Å². The quantitative estimate of drug-likeness (QED) is 0.642. The van der Waals surface area contributed by atoms with E-state index in [4.69, 9.17) is 9.47 Å². The highest BCUT2D eigenvalue weighted by atomic mass is 16.5. The van der Waals surface area contributed by atoms with Crippen molar-refractivity contribution in [3.63, 3.8) is 0 Å². The normalized spacial score (nSPS) is 17.4. The van der Waals surface area contributed by atoms with Crippen LogP contribution < -0.4 is 5.32 Å². The fourth-order valence-corrected chi connectivity index (χ4v) is 1.70. The molecule has 15 heavy (non-hydrogen) atoms.